The second kappa shape index (κ2) is 8.08. The van der Waals surface area contributed by atoms with Crippen LogP contribution in [0.1, 0.15) is 6.42 Å². The van der Waals surface area contributed by atoms with Crippen molar-refractivity contribution in [3.8, 4) is 5.75 Å². The van der Waals surface area contributed by atoms with Crippen molar-refractivity contribution >= 4 is 23.0 Å². The summed E-state index contributed by atoms with van der Waals surface area (Å²) in [5, 5.41) is 11.1. The van der Waals surface area contributed by atoms with Gasteiger partial charge in [0.05, 0.1) is 18.1 Å². The standard InChI is InChI=1S/C21H24N4O4/c1-29-20-15-17(7-8-18(20)25(27)28)22-11-13-23(14-12-22)19-9-10-24(21(19)26)16-5-3-2-4-6-16/h2-8,15,19H,9-14H2,1H3. The number of benzene rings is 2. The van der Waals surface area contributed by atoms with Gasteiger partial charge in [0.25, 0.3) is 0 Å². The van der Waals surface area contributed by atoms with E-state index in [4.69, 9.17) is 4.74 Å². The van der Waals surface area contributed by atoms with Crippen molar-refractivity contribution in [2.75, 3.05) is 49.6 Å². The minimum atomic E-state index is -0.440. The van der Waals surface area contributed by atoms with Crippen molar-refractivity contribution in [2.45, 2.75) is 12.5 Å². The van der Waals surface area contributed by atoms with Crippen LogP contribution in [-0.2, 0) is 4.79 Å². The number of hydrogen-bond donors (Lipinski definition) is 0. The molecular formula is C21H24N4O4. The van der Waals surface area contributed by atoms with Gasteiger partial charge >= 0.3 is 5.69 Å². The SMILES string of the molecule is COc1cc(N2CCN(C3CCN(c4ccccc4)C3=O)CC2)ccc1[N+](=O)[O-]. The van der Waals surface area contributed by atoms with E-state index in [-0.39, 0.29) is 23.4 Å². The van der Waals surface area contributed by atoms with Crippen LogP contribution >= 0.6 is 0 Å². The highest BCUT2D eigenvalue weighted by molar-refractivity contribution is 5.99. The molecule has 1 atom stereocenters. The van der Waals surface area contributed by atoms with Gasteiger partial charge in [-0.2, -0.15) is 0 Å². The third-order valence-corrected chi connectivity index (χ3v) is 5.73. The minimum absolute atomic E-state index is 0.0348. The lowest BCUT2D eigenvalue weighted by Crippen LogP contribution is -2.52. The first-order valence-corrected chi connectivity index (χ1v) is 9.76. The van der Waals surface area contributed by atoms with E-state index in [2.05, 4.69) is 9.80 Å². The number of carbonyl (C=O) groups is 1. The van der Waals surface area contributed by atoms with Gasteiger partial charge in [-0.25, -0.2) is 0 Å². The average Bonchev–Trinajstić information content (AvgIpc) is 3.15. The third kappa shape index (κ3) is 3.75. The summed E-state index contributed by atoms with van der Waals surface area (Å²) in [6, 6.07) is 14.7. The Kier molecular flexibility index (Phi) is 5.35. The lowest BCUT2D eigenvalue weighted by atomic mass is 10.1. The highest BCUT2D eigenvalue weighted by atomic mass is 16.6. The fourth-order valence-electron chi connectivity index (χ4n) is 4.17. The van der Waals surface area contributed by atoms with Crippen LogP contribution in [0, 0.1) is 10.1 Å². The summed E-state index contributed by atoms with van der Waals surface area (Å²) in [6.45, 7) is 3.82. The molecule has 0 bridgehead atoms. The Morgan fingerprint density at radius 2 is 1.72 bits per heavy atom. The van der Waals surface area contributed by atoms with E-state index in [1.54, 1.807) is 12.1 Å². The van der Waals surface area contributed by atoms with Crippen LogP contribution in [0.15, 0.2) is 48.5 Å². The molecule has 2 fully saturated rings. The minimum Gasteiger partial charge on any atom is -0.490 e. The predicted molar refractivity (Wildman–Crippen MR) is 111 cm³/mol. The van der Waals surface area contributed by atoms with Crippen LogP contribution in [0.5, 0.6) is 5.75 Å². The molecule has 2 aliphatic heterocycles. The molecule has 4 rings (SSSR count). The Bertz CT molecular complexity index is 897. The normalized spacial score (nSPS) is 20.2. The van der Waals surface area contributed by atoms with E-state index < -0.39 is 4.92 Å². The molecule has 2 aromatic carbocycles. The molecule has 8 heteroatoms. The summed E-state index contributed by atoms with van der Waals surface area (Å²) in [7, 11) is 1.44. The molecule has 2 heterocycles. The summed E-state index contributed by atoms with van der Waals surface area (Å²) in [5.74, 6) is 0.432. The summed E-state index contributed by atoms with van der Waals surface area (Å²) in [4.78, 5) is 29.9. The van der Waals surface area contributed by atoms with Crippen molar-refractivity contribution < 1.29 is 14.5 Å². The van der Waals surface area contributed by atoms with E-state index in [9.17, 15) is 14.9 Å². The van der Waals surface area contributed by atoms with E-state index >= 15 is 0 Å². The number of amides is 1. The second-order valence-corrected chi connectivity index (χ2v) is 7.27. The topological polar surface area (TPSA) is 79.2 Å². The summed E-state index contributed by atoms with van der Waals surface area (Å²) in [5.41, 5.74) is 1.82. The van der Waals surface area contributed by atoms with Gasteiger partial charge in [-0.1, -0.05) is 18.2 Å². The zero-order chi connectivity index (χ0) is 20.4. The van der Waals surface area contributed by atoms with E-state index in [0.717, 1.165) is 50.5 Å². The number of nitro groups is 1. The van der Waals surface area contributed by atoms with E-state index in [0.29, 0.717) is 0 Å². The highest BCUT2D eigenvalue weighted by Crippen LogP contribution is 2.32. The molecule has 2 aromatic rings. The van der Waals surface area contributed by atoms with Gasteiger partial charge in [0, 0.05) is 56.2 Å². The van der Waals surface area contributed by atoms with Gasteiger partial charge in [-0.3, -0.25) is 19.8 Å². The maximum atomic E-state index is 12.9. The Morgan fingerprint density at radius 3 is 2.38 bits per heavy atom. The van der Waals surface area contributed by atoms with Crippen LogP contribution in [0.3, 0.4) is 0 Å². The molecule has 0 N–H and O–H groups in total. The van der Waals surface area contributed by atoms with Gasteiger partial charge in [0.2, 0.25) is 5.91 Å². The maximum Gasteiger partial charge on any atom is 0.311 e. The average molecular weight is 396 g/mol. The summed E-state index contributed by atoms with van der Waals surface area (Å²) in [6.07, 6.45) is 0.832. The van der Waals surface area contributed by atoms with Crippen LogP contribution < -0.4 is 14.5 Å². The van der Waals surface area contributed by atoms with E-state index in [1.807, 2.05) is 35.2 Å². The Morgan fingerprint density at radius 1 is 1.00 bits per heavy atom. The maximum absolute atomic E-state index is 12.9. The molecular weight excluding hydrogens is 372 g/mol. The van der Waals surface area contributed by atoms with Gasteiger partial charge in [-0.05, 0) is 24.6 Å². The van der Waals surface area contributed by atoms with Crippen molar-refractivity contribution in [1.82, 2.24) is 4.90 Å². The molecule has 8 nitrogen and oxygen atoms in total. The number of carbonyl (C=O) groups excluding carboxylic acids is 1. The number of nitro benzene ring substituents is 1. The molecule has 1 unspecified atom stereocenters. The largest absolute Gasteiger partial charge is 0.490 e. The highest BCUT2D eigenvalue weighted by Gasteiger charge is 2.37. The smallest absolute Gasteiger partial charge is 0.311 e. The molecule has 0 aromatic heterocycles. The number of anilines is 2. The molecule has 0 aliphatic carbocycles. The van der Waals surface area contributed by atoms with Gasteiger partial charge in [0.1, 0.15) is 0 Å². The molecule has 1 amide bonds. The molecule has 2 aliphatic rings. The third-order valence-electron chi connectivity index (χ3n) is 5.73. The molecule has 152 valence electrons. The van der Waals surface area contributed by atoms with Crippen molar-refractivity contribution in [2.24, 2.45) is 0 Å². The van der Waals surface area contributed by atoms with Gasteiger partial charge in [0.15, 0.2) is 5.75 Å². The molecule has 0 saturated carbocycles. The van der Waals surface area contributed by atoms with Crippen LogP contribution in [0.25, 0.3) is 0 Å². The zero-order valence-electron chi connectivity index (χ0n) is 16.4. The zero-order valence-corrected chi connectivity index (χ0v) is 16.4. The van der Waals surface area contributed by atoms with Crippen LogP contribution in [-0.4, -0.2) is 61.6 Å². The second-order valence-electron chi connectivity index (χ2n) is 7.27. The van der Waals surface area contributed by atoms with Crippen molar-refractivity contribution in [3.63, 3.8) is 0 Å². The first-order valence-electron chi connectivity index (χ1n) is 9.76. The number of piperazine rings is 1. The first kappa shape index (κ1) is 19.2. The fourth-order valence-corrected chi connectivity index (χ4v) is 4.17. The molecule has 2 saturated heterocycles. The Balaban J connectivity index is 1.40. The molecule has 0 radical (unpaired) electrons. The van der Waals surface area contributed by atoms with Crippen molar-refractivity contribution in [3.05, 3.63) is 58.6 Å². The van der Waals surface area contributed by atoms with Crippen LogP contribution in [0.2, 0.25) is 0 Å². The fraction of sp³-hybridized carbons (Fsp3) is 0.381. The quantitative estimate of drug-likeness (QED) is 0.571. The first-order chi connectivity index (χ1) is 14.1. The predicted octanol–water partition coefficient (Wildman–Crippen LogP) is 2.53. The van der Waals surface area contributed by atoms with Gasteiger partial charge < -0.3 is 14.5 Å². The number of nitrogens with zero attached hydrogens (tertiary/aromatic N) is 4. The lowest BCUT2D eigenvalue weighted by molar-refractivity contribution is -0.385. The number of para-hydroxylation sites is 1. The summed E-state index contributed by atoms with van der Waals surface area (Å²) >= 11 is 0. The molecule has 29 heavy (non-hydrogen) atoms. The Labute approximate surface area is 169 Å². The van der Waals surface area contributed by atoms with Gasteiger partial charge in [-0.15, -0.1) is 0 Å². The van der Waals surface area contributed by atoms with E-state index in [1.165, 1.54) is 13.2 Å². The number of hydrogen-bond acceptors (Lipinski definition) is 6. The number of rotatable bonds is 5. The monoisotopic (exact) mass is 396 g/mol. The van der Waals surface area contributed by atoms with Crippen molar-refractivity contribution in [1.29, 1.82) is 0 Å². The molecule has 0 spiro atoms. The number of methoxy groups -OCH3 is 1. The number of ether oxygens (including phenoxy) is 1. The lowest BCUT2D eigenvalue weighted by Gasteiger charge is -2.38. The van der Waals surface area contributed by atoms with Crippen LogP contribution in [0.4, 0.5) is 17.1 Å². The summed E-state index contributed by atoms with van der Waals surface area (Å²) < 4.78 is 5.18. The Hall–Kier alpha value is -3.13.